The van der Waals surface area contributed by atoms with E-state index in [0.717, 1.165) is 42.4 Å². The van der Waals surface area contributed by atoms with Crippen LogP contribution in [0.4, 0.5) is 5.69 Å². The Labute approximate surface area is 179 Å². The fourth-order valence-electron chi connectivity index (χ4n) is 3.69. The lowest BCUT2D eigenvalue weighted by Crippen LogP contribution is -2.19. The van der Waals surface area contributed by atoms with Crippen LogP contribution in [-0.4, -0.2) is 30.9 Å². The molecule has 1 heterocycles. The minimum absolute atomic E-state index is 0.195. The lowest BCUT2D eigenvalue weighted by atomic mass is 9.96. The van der Waals surface area contributed by atoms with E-state index in [-0.39, 0.29) is 24.9 Å². The first-order valence-electron chi connectivity index (χ1n) is 10.2. The molecule has 0 saturated carbocycles. The lowest BCUT2D eigenvalue weighted by molar-refractivity contribution is -0.144. The van der Waals surface area contributed by atoms with E-state index in [1.165, 1.54) is 12.5 Å². The van der Waals surface area contributed by atoms with E-state index in [0.29, 0.717) is 17.0 Å². The number of nitrogens with one attached hydrogen (secondary N) is 1. The molecule has 31 heavy (non-hydrogen) atoms. The first-order chi connectivity index (χ1) is 15.0. The second-order valence-electron chi connectivity index (χ2n) is 7.50. The van der Waals surface area contributed by atoms with Gasteiger partial charge in [0.2, 0.25) is 5.91 Å². The van der Waals surface area contributed by atoms with Crippen molar-refractivity contribution in [2.75, 3.05) is 18.5 Å². The second kappa shape index (κ2) is 9.04. The number of benzene rings is 2. The molecule has 1 N–H and O–H groups in total. The summed E-state index contributed by atoms with van der Waals surface area (Å²) >= 11 is 0. The highest BCUT2D eigenvalue weighted by Crippen LogP contribution is 2.33. The molecule has 0 fully saturated rings. The number of ketones is 1. The van der Waals surface area contributed by atoms with Crippen LogP contribution in [0.25, 0.3) is 11.0 Å². The van der Waals surface area contributed by atoms with Crippen LogP contribution in [0.5, 0.6) is 5.75 Å². The summed E-state index contributed by atoms with van der Waals surface area (Å²) in [7, 11) is 0. The van der Waals surface area contributed by atoms with Gasteiger partial charge in [-0.3, -0.25) is 9.59 Å². The minimum Gasteiger partial charge on any atom is -0.482 e. The van der Waals surface area contributed by atoms with Crippen molar-refractivity contribution >= 4 is 34.3 Å². The fourth-order valence-corrected chi connectivity index (χ4v) is 3.69. The van der Waals surface area contributed by atoms with E-state index >= 15 is 0 Å². The Morgan fingerprint density at radius 3 is 2.55 bits per heavy atom. The van der Waals surface area contributed by atoms with Crippen molar-refractivity contribution < 1.29 is 28.3 Å². The van der Waals surface area contributed by atoms with Gasteiger partial charge < -0.3 is 19.2 Å². The van der Waals surface area contributed by atoms with Gasteiger partial charge in [0.05, 0.1) is 0 Å². The third-order valence-electron chi connectivity index (χ3n) is 5.17. The van der Waals surface area contributed by atoms with Crippen LogP contribution in [0.1, 0.15) is 41.4 Å². The van der Waals surface area contributed by atoms with E-state index in [2.05, 4.69) is 5.32 Å². The average Bonchev–Trinajstić information content (AvgIpc) is 3.14. The molecule has 0 radical (unpaired) electrons. The molecule has 7 heteroatoms. The number of aryl methyl sites for hydroxylation is 2. The molecule has 0 aliphatic heterocycles. The molecule has 0 spiro atoms. The van der Waals surface area contributed by atoms with Gasteiger partial charge in [0.15, 0.2) is 19.0 Å². The predicted molar refractivity (Wildman–Crippen MR) is 114 cm³/mol. The first-order valence-corrected chi connectivity index (χ1v) is 10.2. The van der Waals surface area contributed by atoms with Gasteiger partial charge in [-0.25, -0.2) is 4.79 Å². The highest BCUT2D eigenvalue weighted by atomic mass is 16.6. The predicted octanol–water partition coefficient (Wildman–Crippen LogP) is 4.07. The second-order valence-corrected chi connectivity index (χ2v) is 7.50. The van der Waals surface area contributed by atoms with Crippen LogP contribution in [-0.2, 0) is 27.2 Å². The highest BCUT2D eigenvalue weighted by Gasteiger charge is 2.18. The van der Waals surface area contributed by atoms with E-state index in [1.54, 1.807) is 30.3 Å². The highest BCUT2D eigenvalue weighted by molar-refractivity contribution is 5.98. The summed E-state index contributed by atoms with van der Waals surface area (Å²) in [6.07, 6.45) is 4.22. The smallest absolute Gasteiger partial charge is 0.344 e. The molecule has 1 aliphatic rings. The zero-order valence-electron chi connectivity index (χ0n) is 17.2. The van der Waals surface area contributed by atoms with Gasteiger partial charge in [-0.1, -0.05) is 0 Å². The van der Waals surface area contributed by atoms with Crippen molar-refractivity contribution in [2.24, 2.45) is 0 Å². The molecule has 1 amide bonds. The van der Waals surface area contributed by atoms with Crippen LogP contribution in [0.15, 0.2) is 46.9 Å². The SMILES string of the molecule is CC(=O)Nc1ccc(C(=O)COC(=O)COc2ccc3oc4c(c3c2)CCCC4)cc1. The van der Waals surface area contributed by atoms with Crippen molar-refractivity contribution in [3.63, 3.8) is 0 Å². The van der Waals surface area contributed by atoms with Crippen LogP contribution in [0.3, 0.4) is 0 Å². The van der Waals surface area contributed by atoms with Crippen molar-refractivity contribution in [1.82, 2.24) is 0 Å². The Kier molecular flexibility index (Phi) is 6.02. The van der Waals surface area contributed by atoms with Crippen LogP contribution in [0, 0.1) is 0 Å². The minimum atomic E-state index is -0.627. The number of fused-ring (bicyclic) bond motifs is 3. The first kappa shape index (κ1) is 20.7. The Bertz CT molecular complexity index is 1130. The van der Waals surface area contributed by atoms with Crippen molar-refractivity contribution in [2.45, 2.75) is 32.6 Å². The maximum atomic E-state index is 12.2. The van der Waals surface area contributed by atoms with E-state index in [4.69, 9.17) is 13.9 Å². The number of carbonyl (C=O) groups is 3. The molecule has 0 saturated heterocycles. The number of anilines is 1. The molecule has 7 nitrogen and oxygen atoms in total. The van der Waals surface area contributed by atoms with E-state index in [1.807, 2.05) is 12.1 Å². The standard InChI is InChI=1S/C24H23NO6/c1-15(26)25-17-8-6-16(7-9-17)21(27)13-30-24(28)14-29-18-10-11-23-20(12-18)19-4-2-3-5-22(19)31-23/h6-12H,2-5,13-14H2,1H3,(H,25,26). The zero-order valence-corrected chi connectivity index (χ0v) is 17.2. The van der Waals surface area contributed by atoms with Crippen LogP contribution >= 0.6 is 0 Å². The molecule has 0 atom stereocenters. The summed E-state index contributed by atoms with van der Waals surface area (Å²) in [6, 6.07) is 11.9. The van der Waals surface area contributed by atoms with E-state index < -0.39 is 5.97 Å². The van der Waals surface area contributed by atoms with Gasteiger partial charge in [-0.2, -0.15) is 0 Å². The summed E-state index contributed by atoms with van der Waals surface area (Å²) in [5.41, 5.74) is 3.03. The Morgan fingerprint density at radius 2 is 1.77 bits per heavy atom. The lowest BCUT2D eigenvalue weighted by Gasteiger charge is -2.09. The number of hydrogen-bond donors (Lipinski definition) is 1. The number of rotatable bonds is 7. The Hall–Kier alpha value is -3.61. The molecule has 0 bridgehead atoms. The number of carbonyl (C=O) groups excluding carboxylic acids is 3. The normalized spacial score (nSPS) is 12.8. The number of ether oxygens (including phenoxy) is 2. The van der Waals surface area contributed by atoms with Crippen molar-refractivity contribution in [3.05, 3.63) is 59.4 Å². The maximum absolute atomic E-state index is 12.2. The van der Waals surface area contributed by atoms with Crippen molar-refractivity contribution in [1.29, 1.82) is 0 Å². The van der Waals surface area contributed by atoms with Gasteiger partial charge in [0.25, 0.3) is 0 Å². The number of Topliss-reactive ketones (excluding diaryl/α,β-unsaturated/α-hetero) is 1. The summed E-state index contributed by atoms with van der Waals surface area (Å²) < 4.78 is 16.5. The van der Waals surface area contributed by atoms with Gasteiger partial charge >= 0.3 is 5.97 Å². The third kappa shape index (κ3) is 4.94. The third-order valence-corrected chi connectivity index (χ3v) is 5.17. The average molecular weight is 421 g/mol. The van der Waals surface area contributed by atoms with Gasteiger partial charge in [0.1, 0.15) is 17.1 Å². The quantitative estimate of drug-likeness (QED) is 0.456. The monoisotopic (exact) mass is 421 g/mol. The summed E-state index contributed by atoms with van der Waals surface area (Å²) in [5, 5.41) is 3.65. The molecule has 1 aliphatic carbocycles. The Balaban J connectivity index is 1.29. The topological polar surface area (TPSA) is 94.8 Å². The molecule has 2 aromatic carbocycles. The van der Waals surface area contributed by atoms with Gasteiger partial charge in [-0.15, -0.1) is 0 Å². The fraction of sp³-hybridized carbons (Fsp3) is 0.292. The summed E-state index contributed by atoms with van der Waals surface area (Å²) in [4.78, 5) is 35.2. The van der Waals surface area contributed by atoms with E-state index in [9.17, 15) is 14.4 Å². The summed E-state index contributed by atoms with van der Waals surface area (Å²) in [5.74, 6) is 0.437. The molecule has 3 aromatic rings. The van der Waals surface area contributed by atoms with Gasteiger partial charge in [0, 0.05) is 35.5 Å². The molecule has 0 unspecified atom stereocenters. The summed E-state index contributed by atoms with van der Waals surface area (Å²) in [6.45, 7) is 0.734. The largest absolute Gasteiger partial charge is 0.482 e. The zero-order chi connectivity index (χ0) is 21.8. The van der Waals surface area contributed by atoms with Crippen molar-refractivity contribution in [3.8, 4) is 5.75 Å². The number of esters is 1. The van der Waals surface area contributed by atoms with Gasteiger partial charge in [-0.05, 0) is 61.7 Å². The number of amides is 1. The van der Waals surface area contributed by atoms with Crippen LogP contribution in [0.2, 0.25) is 0 Å². The maximum Gasteiger partial charge on any atom is 0.344 e. The Morgan fingerprint density at radius 1 is 1.00 bits per heavy atom. The number of furan rings is 1. The number of hydrogen-bond acceptors (Lipinski definition) is 6. The molecule has 4 rings (SSSR count). The van der Waals surface area contributed by atoms with Crippen LogP contribution < -0.4 is 10.1 Å². The molecule has 160 valence electrons. The molecular weight excluding hydrogens is 398 g/mol. The molecular formula is C24H23NO6. The molecule has 1 aromatic heterocycles.